The number of benzene rings is 4. The molecular weight excluding hydrogens is 1720 g/mol. The number of nitriles is 1. The number of rotatable bonds is 19. The quantitative estimate of drug-likeness (QED) is 0.0370. The van der Waals surface area contributed by atoms with Crippen molar-refractivity contribution >= 4 is 128 Å². The smallest absolute Gasteiger partial charge is 0.262 e. The van der Waals surface area contributed by atoms with Gasteiger partial charge in [-0.25, -0.2) is 19.3 Å². The maximum atomic E-state index is 13.7. The Morgan fingerprint density at radius 3 is 1.39 bits per heavy atom. The Balaban J connectivity index is 0.000000157. The fourth-order valence-electron chi connectivity index (χ4n) is 19.3. The van der Waals surface area contributed by atoms with Gasteiger partial charge in [0.05, 0.1) is 88.5 Å². The third-order valence-electron chi connectivity index (χ3n) is 26.7. The van der Waals surface area contributed by atoms with E-state index in [4.69, 9.17) is 31.8 Å². The molecular formula is C94H109ClN28O10. The number of allylic oxidation sites excluding steroid dienone is 2. The van der Waals surface area contributed by atoms with Crippen molar-refractivity contribution in [3.63, 3.8) is 0 Å². The van der Waals surface area contributed by atoms with Crippen LogP contribution in [0.15, 0.2) is 142 Å². The number of piperazine rings is 4. The number of alkyl halides is 1. The number of halogens is 1. The average molecular weight is 1830 g/mol. The number of nitrogens with zero attached hydrogens (tertiary/aromatic N) is 24. The SMILES string of the molecule is C.CC#N.CC1=C(C(=O)Nc2ccc3c(c2)C(c2ccnc(N4CCN(CCCN5CCN(c6ccc7c(c6)C(=O)N(C6CCC(=O)CC6=O)C7=O)CC5)CC4)c2)=NC3)[C@@H](C)n2nnnc2N1C.CC1=C(C(=O)Nc2ccc3c(c2)C(c2ccnc(N4CCNCC4)c2)=NC3)[C@@H](C)n2nnnc2N1C.O=C1CCC(N2C(=O)c3ccc(N4CCN(CCCCl)CC4)cc3C2=O)C(=O)N1. The number of anilines is 8. The van der Waals surface area contributed by atoms with Crippen molar-refractivity contribution in [2.24, 2.45) is 9.98 Å². The molecule has 0 spiro atoms. The van der Waals surface area contributed by atoms with Crippen molar-refractivity contribution in [3.8, 4) is 6.07 Å². The molecule has 11 aliphatic heterocycles. The topological polar surface area (TPSA) is 416 Å². The fraction of sp³-hybridized carbons (Fsp3) is 0.436. The lowest BCUT2D eigenvalue weighted by molar-refractivity contribution is -0.136. The highest BCUT2D eigenvalue weighted by Gasteiger charge is 2.47. The van der Waals surface area contributed by atoms with Crippen molar-refractivity contribution in [2.75, 3.05) is 184 Å². The third-order valence-corrected chi connectivity index (χ3v) is 27.0. The van der Waals surface area contributed by atoms with E-state index in [1.54, 1.807) is 39.7 Å². The van der Waals surface area contributed by atoms with E-state index in [2.05, 4.69) is 104 Å². The molecule has 38 nitrogen and oxygen atoms in total. The van der Waals surface area contributed by atoms with Crippen LogP contribution in [0.3, 0.4) is 0 Å². The van der Waals surface area contributed by atoms with E-state index >= 15 is 0 Å². The highest BCUT2D eigenvalue weighted by Crippen LogP contribution is 2.39. The number of amides is 8. The number of pyridine rings is 2. The monoisotopic (exact) mass is 1820 g/mol. The van der Waals surface area contributed by atoms with Crippen LogP contribution in [-0.4, -0.2) is 302 Å². The number of piperidine rings is 1. The van der Waals surface area contributed by atoms with Gasteiger partial charge in [-0.15, -0.1) is 11.6 Å². The standard InChI is InChI=1S/C46H51N13O5.C25H28N10O.C20H23ClN4O4.C2H3N.CH4/c1-28-41(29(2)59-46(53(28)3)50-51-52-59)43(62)49-32-6-5-31-27-48-42(36(31)24-32)30-11-12-47-40(23-30)57-21-17-55(18-22-57)14-4-13-54-15-19-56(20-16-54)33-7-9-35-37(25-33)45(64)58(44(35)63)38-10-8-34(60)26-39(38)61;1-15-22(16(2)35-25(33(15)3)30-31-32-35)24(36)29-19-5-4-18-14-28-23(20(18)13-19)17-6-7-27-21(12-17)34-10-8-26-9-11-34;21-6-1-7-23-8-10-24(11-9-23)13-2-3-14-15(12-13)20(29)25(19(14)28)16-4-5-17(26)22-18(16)27;1-2-3;/h5-7,9,11-12,23-25,29,38H,4,8,10,13-22,26-27H2,1-3H3,(H,49,62);4-7,12-13,16,26H,8-11,14H2,1-3H3,(H,29,36);2-3,12,16H,1,4-11H2,(H,22,26,27);1H3;1H4/t29-,38?;16-;;;/m11.../s1. The zero-order valence-corrected chi connectivity index (χ0v) is 75.7. The van der Waals surface area contributed by atoms with Crippen molar-refractivity contribution < 1.29 is 47.9 Å². The van der Waals surface area contributed by atoms with Gasteiger partial charge in [0.1, 0.15) is 23.5 Å². The van der Waals surface area contributed by atoms with Crippen LogP contribution in [0.2, 0.25) is 0 Å². The summed E-state index contributed by atoms with van der Waals surface area (Å²) >= 11 is 5.77. The van der Waals surface area contributed by atoms with E-state index < -0.39 is 41.6 Å². The molecule has 0 radical (unpaired) electrons. The molecule has 8 aromatic rings. The molecule has 8 amide bonds. The number of hydrogen-bond acceptors (Lipinski definition) is 31. The molecule has 0 bridgehead atoms. The number of Topliss-reactive ketones (excluding diaryl/α,β-unsaturated/α-hetero) is 2. The van der Waals surface area contributed by atoms with Crippen LogP contribution in [0.1, 0.15) is 174 Å². The van der Waals surface area contributed by atoms with E-state index in [0.29, 0.717) is 70.0 Å². The average Bonchev–Trinajstić information content (AvgIpc) is 1.60. The Kier molecular flexibility index (Phi) is 27.9. The molecule has 2 unspecified atom stereocenters. The number of fused-ring (bicyclic) bond motifs is 6. The minimum atomic E-state index is -0.936. The lowest BCUT2D eigenvalue weighted by Gasteiger charge is -2.38. The van der Waals surface area contributed by atoms with Crippen molar-refractivity contribution in [2.45, 2.75) is 124 Å². The molecule has 4 aromatic carbocycles. The Morgan fingerprint density at radius 2 is 0.940 bits per heavy atom. The second-order valence-corrected chi connectivity index (χ2v) is 34.9. The summed E-state index contributed by atoms with van der Waals surface area (Å²) in [7, 11) is 3.71. The Labute approximate surface area is 775 Å². The van der Waals surface area contributed by atoms with E-state index in [0.717, 1.165) is 232 Å². The zero-order valence-electron chi connectivity index (χ0n) is 74.9. The van der Waals surface area contributed by atoms with E-state index in [9.17, 15) is 47.9 Å². The number of tetrazole rings is 2. The lowest BCUT2D eigenvalue weighted by atomic mass is 9.92. The summed E-state index contributed by atoms with van der Waals surface area (Å²) in [5, 5.41) is 43.0. The van der Waals surface area contributed by atoms with Crippen LogP contribution in [0.25, 0.3) is 0 Å². The number of aliphatic imine (C=N–C) groups is 2. The summed E-state index contributed by atoms with van der Waals surface area (Å²) in [5.74, 6) is 0.101. The Bertz CT molecular complexity index is 6080. The summed E-state index contributed by atoms with van der Waals surface area (Å²) in [6.45, 7) is 27.7. The van der Waals surface area contributed by atoms with Crippen molar-refractivity contribution in [1.82, 2.24) is 85.5 Å². The van der Waals surface area contributed by atoms with Crippen molar-refractivity contribution in [3.05, 3.63) is 188 Å². The first-order valence-electron chi connectivity index (χ1n) is 45.0. The first-order chi connectivity index (χ1) is 63.9. The van der Waals surface area contributed by atoms with Gasteiger partial charge in [-0.05, 0) is 190 Å². The largest absolute Gasteiger partial charge is 0.369 e. The van der Waals surface area contributed by atoms with Crippen LogP contribution in [-0.2, 0) is 41.9 Å². The molecule has 20 rings (SSSR count). The van der Waals surface area contributed by atoms with Gasteiger partial charge in [0, 0.05) is 213 Å². The van der Waals surface area contributed by atoms with Crippen LogP contribution in [0.5, 0.6) is 0 Å². The summed E-state index contributed by atoms with van der Waals surface area (Å²) in [6, 6.07) is 30.2. The zero-order chi connectivity index (χ0) is 92.3. The molecule has 1 saturated carbocycles. The highest BCUT2D eigenvalue weighted by molar-refractivity contribution is 6.25. The van der Waals surface area contributed by atoms with Crippen LogP contribution in [0, 0.1) is 11.3 Å². The molecule has 692 valence electrons. The summed E-state index contributed by atoms with van der Waals surface area (Å²) in [4.78, 5) is 169. The minimum Gasteiger partial charge on any atom is -0.369 e. The number of ketones is 2. The van der Waals surface area contributed by atoms with Gasteiger partial charge in [-0.3, -0.25) is 87.7 Å². The second kappa shape index (κ2) is 40.1. The molecule has 1 aliphatic carbocycles. The molecule has 4 aromatic heterocycles. The number of aromatic nitrogens is 10. The summed E-state index contributed by atoms with van der Waals surface area (Å²) < 4.78 is 3.32. The number of carbonyl (C=O) groups is 10. The van der Waals surface area contributed by atoms with Gasteiger partial charge in [0.2, 0.25) is 23.7 Å². The van der Waals surface area contributed by atoms with Crippen molar-refractivity contribution in [1.29, 1.82) is 5.26 Å². The lowest BCUT2D eigenvalue weighted by Crippen LogP contribution is -2.54. The predicted octanol–water partition coefficient (Wildman–Crippen LogP) is 6.72. The van der Waals surface area contributed by atoms with E-state index in [1.165, 1.54) is 6.92 Å². The minimum absolute atomic E-state index is 0. The van der Waals surface area contributed by atoms with Gasteiger partial charge < -0.3 is 45.3 Å². The highest BCUT2D eigenvalue weighted by atomic mass is 35.5. The Morgan fingerprint density at radius 1 is 0.511 bits per heavy atom. The molecule has 15 heterocycles. The van der Waals surface area contributed by atoms with Crippen LogP contribution in [0.4, 0.5) is 46.3 Å². The van der Waals surface area contributed by atoms with E-state index in [1.807, 2.05) is 125 Å². The molecule has 5 saturated heterocycles. The molecule has 4 atom stereocenters. The van der Waals surface area contributed by atoms with Crippen LogP contribution >= 0.6 is 11.6 Å². The normalized spacial score (nSPS) is 20.7. The van der Waals surface area contributed by atoms with Gasteiger partial charge in [0.25, 0.3) is 35.4 Å². The van der Waals surface area contributed by atoms with Gasteiger partial charge in [-0.2, -0.15) is 5.26 Å². The first kappa shape index (κ1) is 92.5. The molecule has 4 N–H and O–H groups in total. The third kappa shape index (κ3) is 19.0. The molecule has 133 heavy (non-hydrogen) atoms. The fourth-order valence-corrected chi connectivity index (χ4v) is 19.4. The maximum Gasteiger partial charge on any atom is 0.262 e. The maximum absolute atomic E-state index is 13.7. The molecule has 12 aliphatic rings. The number of carbonyl (C=O) groups excluding carboxylic acids is 10. The molecule has 39 heteroatoms. The predicted molar refractivity (Wildman–Crippen MR) is 501 cm³/mol. The van der Waals surface area contributed by atoms with Crippen LogP contribution < -0.4 is 50.7 Å². The van der Waals surface area contributed by atoms with E-state index in [-0.39, 0.29) is 80.9 Å². The summed E-state index contributed by atoms with van der Waals surface area (Å²) in [6.07, 6.45) is 6.20. The summed E-state index contributed by atoms with van der Waals surface area (Å²) in [5.41, 5.74) is 15.5. The molecule has 6 fully saturated rings. The van der Waals surface area contributed by atoms with Gasteiger partial charge >= 0.3 is 0 Å². The number of nitrogens with one attached hydrogen (secondary N) is 4. The number of imide groups is 3. The van der Waals surface area contributed by atoms with Gasteiger partial charge in [0.15, 0.2) is 5.78 Å². The Hall–Kier alpha value is -13.7. The first-order valence-corrected chi connectivity index (χ1v) is 45.5. The second-order valence-electron chi connectivity index (χ2n) is 34.6. The van der Waals surface area contributed by atoms with Gasteiger partial charge in [-0.1, -0.05) is 29.8 Å². The number of hydrogen-bond donors (Lipinski definition) is 4.